The Hall–Kier alpha value is -2.66. The quantitative estimate of drug-likeness (QED) is 0.781. The molecule has 1 N–H and O–H groups in total. The standard InChI is InChI=1S/C18H19N3O2/c1-13(2)18-17(12-22)19-20-21(18)14-8-10-16(11-9-14)23-15-6-4-3-5-7-15/h3-11,13,22H,12H2,1-2H3. The van der Waals surface area contributed by atoms with E-state index >= 15 is 0 Å². The minimum absolute atomic E-state index is 0.108. The first kappa shape index (κ1) is 15.2. The lowest BCUT2D eigenvalue weighted by atomic mass is 10.1. The maximum absolute atomic E-state index is 9.40. The highest BCUT2D eigenvalue weighted by atomic mass is 16.5. The van der Waals surface area contributed by atoms with Crippen LogP contribution in [0.4, 0.5) is 0 Å². The van der Waals surface area contributed by atoms with Crippen molar-refractivity contribution in [3.8, 4) is 17.2 Å². The predicted molar refractivity (Wildman–Crippen MR) is 87.9 cm³/mol. The summed E-state index contributed by atoms with van der Waals surface area (Å²) in [6.45, 7) is 4.01. The Morgan fingerprint density at radius 1 is 1.00 bits per heavy atom. The number of aliphatic hydroxyl groups excluding tert-OH is 1. The molecule has 3 aromatic rings. The Balaban J connectivity index is 1.87. The SMILES string of the molecule is CC(C)c1c(CO)nnn1-c1ccc(Oc2ccccc2)cc1. The Bertz CT molecular complexity index is 765. The van der Waals surface area contributed by atoms with E-state index in [1.165, 1.54) is 0 Å². The molecule has 0 atom stereocenters. The zero-order valence-corrected chi connectivity index (χ0v) is 13.2. The molecule has 23 heavy (non-hydrogen) atoms. The molecule has 2 aromatic carbocycles. The largest absolute Gasteiger partial charge is 0.457 e. The van der Waals surface area contributed by atoms with Crippen LogP contribution in [0.5, 0.6) is 11.5 Å². The highest BCUT2D eigenvalue weighted by Crippen LogP contribution is 2.25. The highest BCUT2D eigenvalue weighted by Gasteiger charge is 2.16. The van der Waals surface area contributed by atoms with Gasteiger partial charge in [0.1, 0.15) is 17.2 Å². The Morgan fingerprint density at radius 2 is 1.65 bits per heavy atom. The molecule has 0 aliphatic heterocycles. The number of nitrogens with zero attached hydrogens (tertiary/aromatic N) is 3. The number of aromatic nitrogens is 3. The maximum atomic E-state index is 9.40. The van der Waals surface area contributed by atoms with Gasteiger partial charge in [-0.3, -0.25) is 0 Å². The molecule has 0 spiro atoms. The summed E-state index contributed by atoms with van der Waals surface area (Å²) in [7, 11) is 0. The normalized spacial score (nSPS) is 11.0. The van der Waals surface area contributed by atoms with Crippen molar-refractivity contribution in [1.82, 2.24) is 15.0 Å². The summed E-state index contributed by atoms with van der Waals surface area (Å²) in [4.78, 5) is 0. The summed E-state index contributed by atoms with van der Waals surface area (Å²) >= 11 is 0. The van der Waals surface area contributed by atoms with Crippen LogP contribution in [0.2, 0.25) is 0 Å². The third-order valence-electron chi connectivity index (χ3n) is 3.54. The van der Waals surface area contributed by atoms with Crippen LogP contribution in [0.3, 0.4) is 0 Å². The zero-order valence-electron chi connectivity index (χ0n) is 13.2. The summed E-state index contributed by atoms with van der Waals surface area (Å²) < 4.78 is 7.55. The Kier molecular flexibility index (Phi) is 4.39. The first-order valence-electron chi connectivity index (χ1n) is 7.57. The van der Waals surface area contributed by atoms with Crippen LogP contribution in [0.25, 0.3) is 5.69 Å². The van der Waals surface area contributed by atoms with Crippen molar-refractivity contribution < 1.29 is 9.84 Å². The topological polar surface area (TPSA) is 60.2 Å². The first-order valence-corrected chi connectivity index (χ1v) is 7.57. The number of benzene rings is 2. The van der Waals surface area contributed by atoms with Gasteiger partial charge in [0.25, 0.3) is 0 Å². The summed E-state index contributed by atoms with van der Waals surface area (Å²) in [5, 5.41) is 17.6. The third kappa shape index (κ3) is 3.24. The van der Waals surface area contributed by atoms with Crippen LogP contribution in [0, 0.1) is 0 Å². The Morgan fingerprint density at radius 3 is 2.26 bits per heavy atom. The van der Waals surface area contributed by atoms with Crippen LogP contribution in [0.15, 0.2) is 54.6 Å². The second-order valence-corrected chi connectivity index (χ2v) is 5.56. The van der Waals surface area contributed by atoms with Gasteiger partial charge in [-0.15, -0.1) is 5.10 Å². The van der Waals surface area contributed by atoms with Gasteiger partial charge in [-0.25, -0.2) is 4.68 Å². The van der Waals surface area contributed by atoms with E-state index in [0.29, 0.717) is 5.69 Å². The minimum Gasteiger partial charge on any atom is -0.457 e. The van der Waals surface area contributed by atoms with Gasteiger partial charge in [-0.2, -0.15) is 0 Å². The average Bonchev–Trinajstić information content (AvgIpc) is 3.01. The molecule has 0 fully saturated rings. The molecule has 118 valence electrons. The maximum Gasteiger partial charge on any atom is 0.127 e. The molecule has 3 rings (SSSR count). The van der Waals surface area contributed by atoms with Gasteiger partial charge in [0, 0.05) is 0 Å². The summed E-state index contributed by atoms with van der Waals surface area (Å²) in [6, 6.07) is 17.3. The van der Waals surface area contributed by atoms with Gasteiger partial charge in [0.15, 0.2) is 0 Å². The molecule has 1 aromatic heterocycles. The summed E-state index contributed by atoms with van der Waals surface area (Å²) in [6.07, 6.45) is 0. The second-order valence-electron chi connectivity index (χ2n) is 5.56. The summed E-state index contributed by atoms with van der Waals surface area (Å²) in [5.41, 5.74) is 2.43. The van der Waals surface area contributed by atoms with E-state index in [-0.39, 0.29) is 12.5 Å². The molecule has 0 saturated heterocycles. The molecule has 5 nitrogen and oxygen atoms in total. The number of para-hydroxylation sites is 1. The fourth-order valence-electron chi connectivity index (χ4n) is 2.48. The number of rotatable bonds is 5. The molecule has 0 aliphatic carbocycles. The van der Waals surface area contributed by atoms with E-state index < -0.39 is 0 Å². The molecule has 0 aliphatic rings. The Labute approximate surface area is 135 Å². The molecule has 5 heteroatoms. The molecular weight excluding hydrogens is 290 g/mol. The number of ether oxygens (including phenoxy) is 1. The van der Waals surface area contributed by atoms with Gasteiger partial charge in [-0.05, 0) is 42.3 Å². The van der Waals surface area contributed by atoms with Gasteiger partial charge < -0.3 is 9.84 Å². The number of aliphatic hydroxyl groups is 1. The van der Waals surface area contributed by atoms with Crippen molar-refractivity contribution in [3.63, 3.8) is 0 Å². The zero-order chi connectivity index (χ0) is 16.2. The second kappa shape index (κ2) is 6.62. The monoisotopic (exact) mass is 309 g/mol. The molecule has 0 radical (unpaired) electrons. The van der Waals surface area contributed by atoms with Crippen LogP contribution in [-0.4, -0.2) is 20.1 Å². The van der Waals surface area contributed by atoms with Crippen LogP contribution in [-0.2, 0) is 6.61 Å². The van der Waals surface area contributed by atoms with Crippen molar-refractivity contribution >= 4 is 0 Å². The fourth-order valence-corrected chi connectivity index (χ4v) is 2.48. The van der Waals surface area contributed by atoms with Gasteiger partial charge in [0.2, 0.25) is 0 Å². The van der Waals surface area contributed by atoms with E-state index in [4.69, 9.17) is 4.74 Å². The molecule has 1 heterocycles. The lowest BCUT2D eigenvalue weighted by Crippen LogP contribution is -2.05. The molecular formula is C18H19N3O2. The van der Waals surface area contributed by atoms with Crippen molar-refractivity contribution in [1.29, 1.82) is 0 Å². The van der Waals surface area contributed by atoms with Gasteiger partial charge in [-0.1, -0.05) is 37.3 Å². The number of hydrogen-bond acceptors (Lipinski definition) is 4. The van der Waals surface area contributed by atoms with Crippen molar-refractivity contribution in [3.05, 3.63) is 66.0 Å². The van der Waals surface area contributed by atoms with E-state index in [0.717, 1.165) is 22.9 Å². The van der Waals surface area contributed by atoms with Crippen LogP contribution >= 0.6 is 0 Å². The van der Waals surface area contributed by atoms with Gasteiger partial charge >= 0.3 is 0 Å². The van der Waals surface area contributed by atoms with Crippen LogP contribution in [0.1, 0.15) is 31.2 Å². The molecule has 0 amide bonds. The van der Waals surface area contributed by atoms with Gasteiger partial charge in [0.05, 0.1) is 18.0 Å². The average molecular weight is 309 g/mol. The highest BCUT2D eigenvalue weighted by molar-refractivity contribution is 5.40. The van der Waals surface area contributed by atoms with E-state index in [2.05, 4.69) is 24.2 Å². The first-order chi connectivity index (χ1) is 11.2. The predicted octanol–water partition coefficient (Wildman–Crippen LogP) is 3.68. The van der Waals surface area contributed by atoms with Crippen molar-refractivity contribution in [2.24, 2.45) is 0 Å². The van der Waals surface area contributed by atoms with Crippen molar-refractivity contribution in [2.45, 2.75) is 26.4 Å². The lowest BCUT2D eigenvalue weighted by molar-refractivity contribution is 0.275. The minimum atomic E-state index is -0.108. The third-order valence-corrected chi connectivity index (χ3v) is 3.54. The number of hydrogen-bond donors (Lipinski definition) is 1. The van der Waals surface area contributed by atoms with E-state index in [1.54, 1.807) is 4.68 Å². The molecule has 0 bridgehead atoms. The van der Waals surface area contributed by atoms with E-state index in [9.17, 15) is 5.11 Å². The fraction of sp³-hybridized carbons (Fsp3) is 0.222. The lowest BCUT2D eigenvalue weighted by Gasteiger charge is -2.11. The van der Waals surface area contributed by atoms with Crippen molar-refractivity contribution in [2.75, 3.05) is 0 Å². The van der Waals surface area contributed by atoms with Crippen LogP contribution < -0.4 is 4.74 Å². The molecule has 0 saturated carbocycles. The summed E-state index contributed by atoms with van der Waals surface area (Å²) in [5.74, 6) is 1.77. The smallest absolute Gasteiger partial charge is 0.127 e. The molecule has 0 unspecified atom stereocenters. The van der Waals surface area contributed by atoms with E-state index in [1.807, 2.05) is 54.6 Å².